The fourth-order valence-corrected chi connectivity index (χ4v) is 3.24. The Morgan fingerprint density at radius 3 is 2.30 bits per heavy atom. The van der Waals surface area contributed by atoms with Crippen molar-refractivity contribution in [3.8, 4) is 0 Å². The van der Waals surface area contributed by atoms with Gasteiger partial charge >= 0.3 is 12.1 Å². The SMILES string of the molecule is CC(=O)C(C)(F)F.CC(C)n1cc(NC(=O)c2cnn3ccc(N4CCNCC4)nc23)c(C(F)(F)F)n1. The molecule has 37 heavy (non-hydrogen) atoms. The highest BCUT2D eigenvalue weighted by Crippen LogP contribution is 2.34. The van der Waals surface area contributed by atoms with Crippen LogP contribution in [0.2, 0.25) is 0 Å². The van der Waals surface area contributed by atoms with Crippen molar-refractivity contribution < 1.29 is 31.5 Å². The molecule has 10 nitrogen and oxygen atoms in total. The summed E-state index contributed by atoms with van der Waals surface area (Å²) in [5.41, 5.74) is -1.19. The third-order valence-corrected chi connectivity index (χ3v) is 5.44. The van der Waals surface area contributed by atoms with E-state index >= 15 is 0 Å². The van der Waals surface area contributed by atoms with Gasteiger partial charge in [-0.3, -0.25) is 14.3 Å². The quantitative estimate of drug-likeness (QED) is 0.487. The fourth-order valence-electron chi connectivity index (χ4n) is 3.24. The van der Waals surface area contributed by atoms with Crippen molar-refractivity contribution in [3.63, 3.8) is 0 Å². The lowest BCUT2D eigenvalue weighted by molar-refractivity contribution is -0.141. The van der Waals surface area contributed by atoms with Crippen LogP contribution in [-0.2, 0) is 11.0 Å². The lowest BCUT2D eigenvalue weighted by Gasteiger charge is -2.28. The number of fused-ring (bicyclic) bond motifs is 1. The first-order valence-electron chi connectivity index (χ1n) is 11.3. The number of rotatable bonds is 5. The van der Waals surface area contributed by atoms with E-state index in [-0.39, 0.29) is 17.3 Å². The molecule has 1 amide bonds. The van der Waals surface area contributed by atoms with Gasteiger partial charge in [0.05, 0.1) is 11.9 Å². The Bertz CT molecular complexity index is 1260. The van der Waals surface area contributed by atoms with Crippen LogP contribution in [0.1, 0.15) is 49.8 Å². The number of amides is 1. The molecule has 0 aliphatic carbocycles. The number of Topliss-reactive ketones (excluding diaryl/α,β-unsaturated/α-hetero) is 1. The summed E-state index contributed by atoms with van der Waals surface area (Å²) >= 11 is 0. The predicted molar refractivity (Wildman–Crippen MR) is 125 cm³/mol. The van der Waals surface area contributed by atoms with E-state index in [1.165, 1.54) is 16.9 Å². The summed E-state index contributed by atoms with van der Waals surface area (Å²) in [5, 5.41) is 13.2. The first kappa shape index (κ1) is 28.0. The lowest BCUT2D eigenvalue weighted by atomic mass is 10.3. The highest BCUT2D eigenvalue weighted by Gasteiger charge is 2.38. The van der Waals surface area contributed by atoms with Crippen molar-refractivity contribution in [2.24, 2.45) is 0 Å². The number of carbonyl (C=O) groups is 2. The highest BCUT2D eigenvalue weighted by atomic mass is 19.4. The van der Waals surface area contributed by atoms with E-state index in [9.17, 15) is 31.5 Å². The van der Waals surface area contributed by atoms with E-state index < -0.39 is 35.2 Å². The highest BCUT2D eigenvalue weighted by molar-refractivity contribution is 6.08. The first-order chi connectivity index (χ1) is 17.2. The third kappa shape index (κ3) is 6.78. The van der Waals surface area contributed by atoms with Gasteiger partial charge in [0, 0.05) is 58.5 Å². The zero-order valence-electron chi connectivity index (χ0n) is 20.6. The second-order valence-electron chi connectivity index (χ2n) is 8.71. The molecule has 3 aromatic heterocycles. The zero-order valence-corrected chi connectivity index (χ0v) is 20.6. The summed E-state index contributed by atoms with van der Waals surface area (Å²) in [6, 6.07) is 1.50. The standard InChI is InChI=1S/C18H21F3N8O.C4H6F2O/c1-11(2)29-10-13(15(26-29)18(19,20)21)24-17(30)12-9-23-28-6-3-14(25-16(12)28)27-7-4-22-5-8-27;1-3(7)4(2,5)6/h3,6,9-11,22H,4-5,7-8H2,1-2H3,(H,24,30);1-2H3. The Morgan fingerprint density at radius 1 is 1.14 bits per heavy atom. The second kappa shape index (κ2) is 10.8. The molecule has 0 radical (unpaired) electrons. The maximum Gasteiger partial charge on any atom is 0.437 e. The molecule has 4 heterocycles. The van der Waals surface area contributed by atoms with E-state index in [1.807, 2.05) is 0 Å². The van der Waals surface area contributed by atoms with Crippen LogP contribution in [0.3, 0.4) is 0 Å². The number of anilines is 2. The second-order valence-corrected chi connectivity index (χ2v) is 8.71. The van der Waals surface area contributed by atoms with Gasteiger partial charge in [0.15, 0.2) is 17.1 Å². The summed E-state index contributed by atoms with van der Waals surface area (Å²) in [6.07, 6.45) is -0.554. The summed E-state index contributed by atoms with van der Waals surface area (Å²) in [7, 11) is 0. The smallest absolute Gasteiger partial charge is 0.354 e. The molecule has 0 spiro atoms. The van der Waals surface area contributed by atoms with Gasteiger partial charge in [-0.2, -0.15) is 32.1 Å². The van der Waals surface area contributed by atoms with Crippen molar-refractivity contribution in [2.75, 3.05) is 36.4 Å². The molecule has 0 aromatic carbocycles. The van der Waals surface area contributed by atoms with Gasteiger partial charge in [0.1, 0.15) is 11.4 Å². The number of nitrogens with one attached hydrogen (secondary N) is 2. The Balaban J connectivity index is 0.000000479. The average molecular weight is 531 g/mol. The summed E-state index contributed by atoms with van der Waals surface area (Å²) in [6.45, 7) is 8.01. The topological polar surface area (TPSA) is 109 Å². The molecule has 0 atom stereocenters. The van der Waals surface area contributed by atoms with Crippen molar-refractivity contribution in [1.82, 2.24) is 29.7 Å². The molecule has 4 rings (SSSR count). The monoisotopic (exact) mass is 530 g/mol. The average Bonchev–Trinajstić information content (AvgIpc) is 3.43. The number of nitrogens with zero attached hydrogens (tertiary/aromatic N) is 6. The molecular formula is C22H27F5N8O2. The van der Waals surface area contributed by atoms with Gasteiger partial charge in [-0.1, -0.05) is 0 Å². The van der Waals surface area contributed by atoms with Gasteiger partial charge in [-0.05, 0) is 19.9 Å². The van der Waals surface area contributed by atoms with Crippen molar-refractivity contribution in [2.45, 2.75) is 45.8 Å². The lowest BCUT2D eigenvalue weighted by Crippen LogP contribution is -2.43. The molecule has 3 aromatic rings. The third-order valence-electron chi connectivity index (χ3n) is 5.44. The number of hydrogen-bond acceptors (Lipinski definition) is 7. The van der Waals surface area contributed by atoms with Gasteiger partial charge in [-0.25, -0.2) is 9.50 Å². The van der Waals surface area contributed by atoms with Crippen LogP contribution in [-0.4, -0.2) is 68.2 Å². The molecule has 2 N–H and O–H groups in total. The summed E-state index contributed by atoms with van der Waals surface area (Å²) in [4.78, 5) is 29.1. The maximum atomic E-state index is 13.4. The maximum absolute atomic E-state index is 13.4. The number of hydrogen-bond donors (Lipinski definition) is 2. The van der Waals surface area contributed by atoms with E-state index in [0.29, 0.717) is 12.7 Å². The van der Waals surface area contributed by atoms with Gasteiger partial charge < -0.3 is 15.5 Å². The molecule has 0 unspecified atom stereocenters. The van der Waals surface area contributed by atoms with E-state index in [0.717, 1.165) is 37.8 Å². The molecule has 202 valence electrons. The summed E-state index contributed by atoms with van der Waals surface area (Å²) in [5.74, 6) is -4.28. The number of ketones is 1. The van der Waals surface area contributed by atoms with Crippen LogP contribution in [0.15, 0.2) is 24.7 Å². The minimum atomic E-state index is -4.70. The van der Waals surface area contributed by atoms with Gasteiger partial charge in [0.2, 0.25) is 0 Å². The number of carbonyl (C=O) groups excluding carboxylic acids is 2. The summed E-state index contributed by atoms with van der Waals surface area (Å²) < 4.78 is 65.7. The van der Waals surface area contributed by atoms with Crippen LogP contribution in [0.4, 0.5) is 33.5 Å². The molecule has 1 fully saturated rings. The number of alkyl halides is 5. The molecule has 1 aliphatic rings. The minimum absolute atomic E-state index is 0.0809. The minimum Gasteiger partial charge on any atom is -0.354 e. The molecule has 15 heteroatoms. The van der Waals surface area contributed by atoms with Crippen LogP contribution >= 0.6 is 0 Å². The number of halogens is 5. The Morgan fingerprint density at radius 2 is 1.76 bits per heavy atom. The fraction of sp³-hybridized carbons (Fsp3) is 0.500. The predicted octanol–water partition coefficient (Wildman–Crippen LogP) is 3.42. The van der Waals surface area contributed by atoms with Crippen molar-refractivity contribution in [3.05, 3.63) is 35.9 Å². The largest absolute Gasteiger partial charge is 0.437 e. The Hall–Kier alpha value is -3.62. The van der Waals surface area contributed by atoms with E-state index in [1.54, 1.807) is 26.1 Å². The first-order valence-corrected chi connectivity index (χ1v) is 11.3. The molecule has 1 saturated heterocycles. The van der Waals surface area contributed by atoms with Crippen LogP contribution in [0.25, 0.3) is 5.65 Å². The van der Waals surface area contributed by atoms with Gasteiger partial charge in [-0.15, -0.1) is 0 Å². The molecule has 1 aliphatic heterocycles. The molecule has 0 saturated carbocycles. The van der Waals surface area contributed by atoms with E-state index in [4.69, 9.17) is 0 Å². The normalized spacial score (nSPS) is 14.5. The molecular weight excluding hydrogens is 503 g/mol. The zero-order chi connectivity index (χ0) is 27.5. The van der Waals surface area contributed by atoms with Crippen molar-refractivity contribution in [1.29, 1.82) is 0 Å². The Kier molecular flexibility index (Phi) is 8.15. The molecule has 0 bridgehead atoms. The van der Waals surface area contributed by atoms with Crippen LogP contribution in [0.5, 0.6) is 0 Å². The van der Waals surface area contributed by atoms with Crippen molar-refractivity contribution >= 4 is 28.8 Å². The van der Waals surface area contributed by atoms with E-state index in [2.05, 4.69) is 30.7 Å². The number of piperazine rings is 1. The number of aromatic nitrogens is 5. The van der Waals surface area contributed by atoms with Crippen LogP contribution < -0.4 is 15.5 Å². The van der Waals surface area contributed by atoms with Gasteiger partial charge in [0.25, 0.3) is 5.91 Å². The Labute approximate surface area is 208 Å². The van der Waals surface area contributed by atoms with Crippen LogP contribution in [0, 0.1) is 0 Å².